The number of aromatic hydroxyl groups is 2. The molecule has 0 saturated heterocycles. The Labute approximate surface area is 375 Å². The van der Waals surface area contributed by atoms with Crippen LogP contribution in [0.25, 0.3) is 23.4 Å². The van der Waals surface area contributed by atoms with E-state index < -0.39 is 22.2 Å². The van der Waals surface area contributed by atoms with Gasteiger partial charge < -0.3 is 25.5 Å². The van der Waals surface area contributed by atoms with Crippen LogP contribution in [0, 0.1) is 0 Å². The van der Waals surface area contributed by atoms with Gasteiger partial charge in [-0.05, 0) is 54.1 Å². The Morgan fingerprint density at radius 1 is 0.723 bits per heavy atom. The van der Waals surface area contributed by atoms with Crippen molar-refractivity contribution in [1.29, 1.82) is 0 Å². The minimum atomic E-state index is -1.47. The number of nitrogens with zero attached hydrogens (tertiary/aromatic N) is 9. The number of nitrogens with one attached hydrogen (secondary N) is 6. The minimum absolute atomic E-state index is 0.172. The first-order chi connectivity index (χ1) is 31.5. The van der Waals surface area contributed by atoms with E-state index in [0.29, 0.717) is 65.1 Å². The molecule has 7 heterocycles. The Bertz CT molecular complexity index is 3770. The standard InChI is InChI=1S/C23H17ClN6O3S.C19H14ClN9O2/c24-16-7-4-8-17(10-16)26-19-11-20(34(33)13-14-5-2-1-3-6-14)30-21(28-19)15(12-25-30)9-18-22(31)29-23(32)27-18;20-11-2-1-3-12(7-11)23-15-8-16(25-14-4-5-21-28-14)29-17(26-15)10(9-22-29)6-13-18(30)27-19(31)24-13/h1-12,31H,13H2,(H2,27,29,32);1-9,23,30H,(H,21,28)(H2,24,27,31). The van der Waals surface area contributed by atoms with Crippen LogP contribution in [0.1, 0.15) is 17.0 Å². The number of aromatic amines is 5. The molecule has 0 spiro atoms. The van der Waals surface area contributed by atoms with Gasteiger partial charge in [0.2, 0.25) is 11.8 Å². The minimum Gasteiger partial charge on any atom is -0.493 e. The van der Waals surface area contributed by atoms with E-state index in [0.717, 1.165) is 11.3 Å². The fourth-order valence-electron chi connectivity index (χ4n) is 6.39. The van der Waals surface area contributed by atoms with Crippen LogP contribution in [0.3, 0.4) is 0 Å². The molecule has 0 aliphatic heterocycles. The quantitative estimate of drug-likeness (QED) is 0.0970. The summed E-state index contributed by atoms with van der Waals surface area (Å²) in [6.45, 7) is 0. The van der Waals surface area contributed by atoms with Crippen molar-refractivity contribution in [3.63, 3.8) is 0 Å². The normalized spacial score (nSPS) is 13.1. The molecule has 10 aromatic rings. The molecule has 0 fully saturated rings. The largest absolute Gasteiger partial charge is 0.493 e. The molecule has 65 heavy (non-hydrogen) atoms. The third kappa shape index (κ3) is 9.66. The van der Waals surface area contributed by atoms with Gasteiger partial charge in [-0.15, -0.1) is 0 Å². The Kier molecular flexibility index (Phi) is 11.7. The Morgan fingerprint density at radius 3 is 2.02 bits per heavy atom. The maximum absolute atomic E-state index is 13.4. The van der Waals surface area contributed by atoms with Gasteiger partial charge in [-0.2, -0.15) is 19.8 Å². The highest BCUT2D eigenvalue weighted by molar-refractivity contribution is 7.84. The zero-order valence-electron chi connectivity index (χ0n) is 33.1. The van der Waals surface area contributed by atoms with E-state index in [1.807, 2.05) is 42.5 Å². The van der Waals surface area contributed by atoms with Gasteiger partial charge in [-0.1, -0.05) is 65.7 Å². The second kappa shape index (κ2) is 18.1. The van der Waals surface area contributed by atoms with Gasteiger partial charge in [0, 0.05) is 44.4 Å². The number of halogens is 2. The Hall–Kier alpha value is -8.40. The summed E-state index contributed by atoms with van der Waals surface area (Å²) in [6, 6.07) is 28.8. The number of anilines is 2. The van der Waals surface area contributed by atoms with Crippen molar-refractivity contribution in [3.05, 3.63) is 185 Å². The number of hydrogen-bond donors (Lipinski definition) is 8. The van der Waals surface area contributed by atoms with Crippen LogP contribution >= 0.6 is 23.2 Å². The van der Waals surface area contributed by atoms with E-state index in [1.54, 1.807) is 73.1 Å². The van der Waals surface area contributed by atoms with Crippen LogP contribution < -0.4 is 38.1 Å². The smallest absolute Gasteiger partial charge is 0.326 e. The van der Waals surface area contributed by atoms with Gasteiger partial charge in [0.25, 0.3) is 0 Å². The van der Waals surface area contributed by atoms with Crippen LogP contribution in [-0.2, 0) is 16.6 Å². The molecular weight excluding hydrogens is 898 g/mol. The lowest BCUT2D eigenvalue weighted by atomic mass is 10.2. The van der Waals surface area contributed by atoms with Crippen molar-refractivity contribution in [3.8, 4) is 11.8 Å². The van der Waals surface area contributed by atoms with Gasteiger partial charge in [-0.3, -0.25) is 19.3 Å². The molecule has 0 amide bonds. The van der Waals surface area contributed by atoms with Crippen LogP contribution in [0.5, 0.6) is 11.8 Å². The Balaban J connectivity index is 0.000000165. The summed E-state index contributed by atoms with van der Waals surface area (Å²) in [5, 5.41) is 41.0. The molecule has 0 saturated carbocycles. The monoisotopic (exact) mass is 927 g/mol. The van der Waals surface area contributed by atoms with E-state index in [-0.39, 0.29) is 28.9 Å². The predicted octanol–water partition coefficient (Wildman–Crippen LogP) is 3.54. The highest BCUT2D eigenvalue weighted by Gasteiger charge is 2.15. The van der Waals surface area contributed by atoms with Gasteiger partial charge in [0.1, 0.15) is 28.0 Å². The molecule has 0 bridgehead atoms. The summed E-state index contributed by atoms with van der Waals surface area (Å²) in [4.78, 5) is 50.8. The lowest BCUT2D eigenvalue weighted by Gasteiger charge is -2.06. The maximum atomic E-state index is 13.4. The molecule has 20 nitrogen and oxygen atoms in total. The van der Waals surface area contributed by atoms with Crippen molar-refractivity contribution in [2.75, 3.05) is 5.32 Å². The summed E-state index contributed by atoms with van der Waals surface area (Å²) in [5.41, 5.74) is 3.16. The topological polar surface area (TPSA) is 281 Å². The Morgan fingerprint density at radius 2 is 1.38 bits per heavy atom. The van der Waals surface area contributed by atoms with E-state index in [1.165, 1.54) is 21.3 Å². The first kappa shape index (κ1) is 41.9. The van der Waals surface area contributed by atoms with Crippen LogP contribution in [0.4, 0.5) is 23.0 Å². The molecule has 0 aliphatic rings. The van der Waals surface area contributed by atoms with E-state index >= 15 is 0 Å². The SMILES string of the molecule is O=c1[nH]c(O)c(C=c2cnn3c(=Nc4ccn[nH]4)cc(Nc4cccc(Cl)c4)nc23)[nH]1.O=c1[nH]c(O)c(C=c2cnn3c(S(=O)Cc4ccccc4)cc(=Nc4cccc(Cl)c4)nc23)[nH]1. The number of fused-ring (bicyclic) bond motifs is 2. The second-order valence-electron chi connectivity index (χ2n) is 13.9. The van der Waals surface area contributed by atoms with Crippen molar-refractivity contribution in [2.24, 2.45) is 9.98 Å². The van der Waals surface area contributed by atoms with Crippen molar-refractivity contribution in [2.45, 2.75) is 10.8 Å². The highest BCUT2D eigenvalue weighted by atomic mass is 35.5. The molecular formula is C42H31Cl2N15O5S. The van der Waals surface area contributed by atoms with Gasteiger partial charge in [-0.25, -0.2) is 34.1 Å². The van der Waals surface area contributed by atoms with Crippen LogP contribution in [0.15, 0.2) is 140 Å². The van der Waals surface area contributed by atoms with Crippen molar-refractivity contribution in [1.82, 2.24) is 59.3 Å². The number of aromatic nitrogens is 12. The lowest BCUT2D eigenvalue weighted by molar-refractivity contribution is 0.454. The number of hydrogen-bond acceptors (Lipinski definition) is 13. The predicted molar refractivity (Wildman–Crippen MR) is 241 cm³/mol. The van der Waals surface area contributed by atoms with E-state index in [2.05, 4.69) is 65.6 Å². The molecule has 0 radical (unpaired) electrons. The fraction of sp³-hybridized carbons (Fsp3) is 0.0238. The average molecular weight is 929 g/mol. The summed E-state index contributed by atoms with van der Waals surface area (Å²) < 4.78 is 16.4. The fourth-order valence-corrected chi connectivity index (χ4v) is 7.97. The number of rotatable bonds is 9. The zero-order valence-corrected chi connectivity index (χ0v) is 35.5. The zero-order chi connectivity index (χ0) is 45.0. The molecule has 324 valence electrons. The van der Waals surface area contributed by atoms with Crippen LogP contribution in [-0.4, -0.2) is 73.8 Å². The summed E-state index contributed by atoms with van der Waals surface area (Å²) in [7, 11) is -1.47. The first-order valence-electron chi connectivity index (χ1n) is 19.1. The molecule has 3 aromatic carbocycles. The molecule has 1 unspecified atom stereocenters. The third-order valence-electron chi connectivity index (χ3n) is 9.25. The molecule has 0 aliphatic carbocycles. The molecule has 7 aromatic heterocycles. The lowest BCUT2D eigenvalue weighted by Crippen LogP contribution is -2.18. The van der Waals surface area contributed by atoms with Crippen molar-refractivity contribution < 1.29 is 14.4 Å². The molecule has 1 atom stereocenters. The summed E-state index contributed by atoms with van der Waals surface area (Å²) >= 11 is 12.2. The third-order valence-corrected chi connectivity index (χ3v) is 11.1. The van der Waals surface area contributed by atoms with Crippen molar-refractivity contribution >= 4 is 80.5 Å². The molecule has 8 N–H and O–H groups in total. The summed E-state index contributed by atoms with van der Waals surface area (Å²) in [6.07, 6.45) is 7.75. The first-order valence-corrected chi connectivity index (χ1v) is 21.2. The summed E-state index contributed by atoms with van der Waals surface area (Å²) in [5.74, 6) is 0.725. The van der Waals surface area contributed by atoms with Gasteiger partial charge in [0.05, 0.1) is 40.8 Å². The highest BCUT2D eigenvalue weighted by Crippen LogP contribution is 2.20. The number of imidazole rings is 2. The number of benzene rings is 3. The van der Waals surface area contributed by atoms with Gasteiger partial charge >= 0.3 is 11.4 Å². The average Bonchev–Trinajstić information content (AvgIpc) is 4.13. The molecule has 23 heteroatoms. The van der Waals surface area contributed by atoms with Crippen LogP contribution in [0.2, 0.25) is 10.0 Å². The van der Waals surface area contributed by atoms with E-state index in [9.17, 15) is 24.0 Å². The maximum Gasteiger partial charge on any atom is 0.326 e. The van der Waals surface area contributed by atoms with Gasteiger partial charge in [0.15, 0.2) is 22.3 Å². The van der Waals surface area contributed by atoms with E-state index in [4.69, 9.17) is 23.2 Å². The second-order valence-corrected chi connectivity index (χ2v) is 16.1. The molecule has 10 rings (SSSR count). The number of H-pyrrole nitrogens is 5.